The number of carboxylic acid groups (broad SMARTS) is 3. The molecule has 0 fully saturated rings. The number of aromatic nitrogens is 6. The number of hydrogen-bond donors (Lipinski definition) is 2. The fourth-order valence-electron chi connectivity index (χ4n) is 4.11. The summed E-state index contributed by atoms with van der Waals surface area (Å²) in [6.07, 6.45) is -0.926. The second-order valence-electron chi connectivity index (χ2n) is 7.45. The van der Waals surface area contributed by atoms with Gasteiger partial charge in [0, 0.05) is 20.8 Å². The van der Waals surface area contributed by atoms with E-state index < -0.39 is 24.2 Å². The third-order valence-electron chi connectivity index (χ3n) is 5.48. The third kappa shape index (κ3) is 4.76. The van der Waals surface area contributed by atoms with Crippen LogP contribution in [-0.4, -0.2) is 53.1 Å². The Kier molecular flexibility index (Phi) is 9.95. The predicted octanol–water partition coefficient (Wildman–Crippen LogP) is -5.95. The van der Waals surface area contributed by atoms with Gasteiger partial charge in [-0.25, -0.2) is 9.59 Å². The molecular weight excluding hydrogens is 463 g/mol. The Morgan fingerprint density at radius 1 is 0.676 bits per heavy atom. The van der Waals surface area contributed by atoms with Crippen LogP contribution in [0, 0.1) is 41.5 Å². The van der Waals surface area contributed by atoms with Gasteiger partial charge in [0.1, 0.15) is 0 Å². The van der Waals surface area contributed by atoms with E-state index in [-0.39, 0.29) is 57.2 Å². The van der Waals surface area contributed by atoms with Gasteiger partial charge in [0.2, 0.25) is 17.1 Å². The van der Waals surface area contributed by atoms with Crippen molar-refractivity contribution < 1.29 is 85.5 Å². The first-order valence-corrected chi connectivity index (χ1v) is 9.38. The maximum Gasteiger partial charge on any atom is 1.00 e. The minimum Gasteiger partial charge on any atom is -0.544 e. The third-order valence-corrected chi connectivity index (χ3v) is 5.48. The van der Waals surface area contributed by atoms with Gasteiger partial charge in [0.05, 0.1) is 28.6 Å². The van der Waals surface area contributed by atoms with E-state index in [1.165, 1.54) is 14.0 Å². The maximum atomic E-state index is 11.8. The zero-order valence-corrected chi connectivity index (χ0v) is 21.9. The smallest absolute Gasteiger partial charge is 0.544 e. The summed E-state index contributed by atoms with van der Waals surface area (Å²) in [6, 6.07) is 0. The summed E-state index contributed by atoms with van der Waals surface area (Å²) in [4.78, 5) is 35.2. The Labute approximate surface area is 215 Å². The molecule has 0 aliphatic rings. The van der Waals surface area contributed by atoms with E-state index in [2.05, 4.69) is 15.3 Å². The molecule has 0 radical (unpaired) electrons. The van der Waals surface area contributed by atoms with Gasteiger partial charge in [0.25, 0.3) is 0 Å². The molecule has 3 aromatic heterocycles. The zero-order chi connectivity index (χ0) is 23.4. The average molecular weight is 491 g/mol. The molecule has 0 aliphatic carbocycles. The van der Waals surface area contributed by atoms with E-state index in [1.54, 1.807) is 41.5 Å². The van der Waals surface area contributed by atoms with Crippen LogP contribution in [-0.2, 0) is 0 Å². The van der Waals surface area contributed by atoms with E-state index in [4.69, 9.17) is 0 Å². The monoisotopic (exact) mass is 491 g/mol. The number of carboxylic acids is 3. The number of nitrogens with one attached hydrogen (secondary N) is 3. The number of aromatic amines is 3. The first-order valence-electron chi connectivity index (χ1n) is 9.38. The molecule has 9 N–H and O–H groups in total. The van der Waals surface area contributed by atoms with Gasteiger partial charge in [-0.2, -0.15) is 0 Å². The molecule has 34 heavy (non-hydrogen) atoms. The number of carbonyl (C=O) groups is 3. The standard InChI is InChI=1S/C19H22N6O6.Na.2H2O/c1-7-13(16(26)27)10(4)23(20-7)19(24-11(5)14(17(28)29)8(2)21-24)25-12(6)15(18(30)31)9(3)22-25;;;/h19H,1-6H3,(H,26,27)(H,28,29)(H,30,31);;2*1H2/q;+1;;/p+2. The molecule has 15 heteroatoms. The Hall–Kier alpha value is -3.04. The van der Waals surface area contributed by atoms with Crippen molar-refractivity contribution in [2.24, 2.45) is 0 Å². The first kappa shape index (κ1) is 31.0. The number of hydrogen-bond acceptors (Lipinski definition) is 4. The van der Waals surface area contributed by atoms with Gasteiger partial charge in [0.15, 0.2) is 11.1 Å². The quantitative estimate of drug-likeness (QED) is 0.318. The van der Waals surface area contributed by atoms with Crippen LogP contribution in [0.15, 0.2) is 0 Å². The summed E-state index contributed by atoms with van der Waals surface area (Å²) in [7, 11) is 0. The van der Waals surface area contributed by atoms with Crippen LogP contribution in [0.2, 0.25) is 0 Å². The average Bonchev–Trinajstić information content (AvgIpc) is 3.20. The molecule has 0 saturated carbocycles. The molecule has 3 rings (SSSR count). The second-order valence-corrected chi connectivity index (χ2v) is 7.45. The van der Waals surface area contributed by atoms with Gasteiger partial charge in [-0.15, -0.1) is 29.3 Å². The Morgan fingerprint density at radius 2 is 0.941 bits per heavy atom. The van der Waals surface area contributed by atoms with Crippen molar-refractivity contribution in [1.82, 2.24) is 14.0 Å². The molecular formula is C19H28N6NaO8+3. The predicted molar refractivity (Wildman–Crippen MR) is 107 cm³/mol. The van der Waals surface area contributed by atoms with E-state index in [0.29, 0.717) is 34.2 Å². The van der Waals surface area contributed by atoms with Crippen molar-refractivity contribution >= 4 is 17.9 Å². The van der Waals surface area contributed by atoms with Gasteiger partial charge in [-0.3, -0.25) is 0 Å². The number of H-pyrrole nitrogens is 3. The Morgan fingerprint density at radius 3 is 1.15 bits per heavy atom. The van der Waals surface area contributed by atoms with Crippen LogP contribution in [0.1, 0.15) is 71.5 Å². The van der Waals surface area contributed by atoms with Crippen LogP contribution in [0.4, 0.5) is 0 Å². The van der Waals surface area contributed by atoms with Crippen LogP contribution >= 0.6 is 0 Å². The van der Waals surface area contributed by atoms with Crippen molar-refractivity contribution in [3.8, 4) is 0 Å². The molecule has 14 nitrogen and oxygen atoms in total. The van der Waals surface area contributed by atoms with Gasteiger partial charge >= 0.3 is 47.8 Å². The molecule has 0 saturated heterocycles. The van der Waals surface area contributed by atoms with Crippen molar-refractivity contribution in [3.63, 3.8) is 0 Å². The molecule has 0 aliphatic heterocycles. The SMILES string of the molecule is Cc1[nH+]n(C(n2[nH+]c(C)c(C(=O)O)c2C)n2[nH+]c(C)c(C(=O)O)c2C)c(C)c1C(=O)[O-].O.O.[Na+]. The number of nitrogens with zero attached hydrogens (tertiary/aromatic N) is 3. The molecule has 3 heterocycles. The maximum absolute atomic E-state index is 11.8. The van der Waals surface area contributed by atoms with E-state index >= 15 is 0 Å². The summed E-state index contributed by atoms with van der Waals surface area (Å²) in [5.41, 5.74) is 2.23. The fraction of sp³-hybridized carbons (Fsp3) is 0.368. The first-order chi connectivity index (χ1) is 14.4. The Bertz CT molecular complexity index is 1110. The summed E-state index contributed by atoms with van der Waals surface area (Å²) in [5.74, 6) is -3.62. The molecule has 0 bridgehead atoms. The van der Waals surface area contributed by atoms with Crippen LogP contribution < -0.4 is 50.0 Å². The molecule has 0 aromatic carbocycles. The van der Waals surface area contributed by atoms with Crippen LogP contribution in [0.25, 0.3) is 0 Å². The second kappa shape index (κ2) is 10.9. The van der Waals surface area contributed by atoms with Gasteiger partial charge < -0.3 is 31.1 Å². The van der Waals surface area contributed by atoms with Crippen LogP contribution in [0.5, 0.6) is 0 Å². The minimum atomic E-state index is -1.37. The van der Waals surface area contributed by atoms with E-state index in [0.717, 1.165) is 0 Å². The van der Waals surface area contributed by atoms with Crippen molar-refractivity contribution in [2.45, 2.75) is 47.8 Å². The number of aryl methyl sites for hydroxylation is 3. The topological polar surface area (TPSA) is 235 Å². The number of carbonyl (C=O) groups excluding carboxylic acids is 1. The molecule has 0 amide bonds. The van der Waals surface area contributed by atoms with Crippen molar-refractivity contribution in [3.05, 3.63) is 50.9 Å². The zero-order valence-electron chi connectivity index (χ0n) is 19.9. The molecule has 0 spiro atoms. The number of aromatic carboxylic acids is 3. The van der Waals surface area contributed by atoms with E-state index in [1.807, 2.05) is 0 Å². The minimum absolute atomic E-state index is 0. The Balaban J connectivity index is 0.00000363. The molecule has 180 valence electrons. The normalized spacial score (nSPS) is 10.3. The molecule has 0 unspecified atom stereocenters. The van der Waals surface area contributed by atoms with E-state index in [9.17, 15) is 29.7 Å². The summed E-state index contributed by atoms with van der Waals surface area (Å²) in [6.45, 7) is 9.58. The fourth-order valence-corrected chi connectivity index (χ4v) is 4.11. The van der Waals surface area contributed by atoms with Crippen LogP contribution in [0.3, 0.4) is 0 Å². The summed E-state index contributed by atoms with van der Waals surface area (Å²) >= 11 is 0. The van der Waals surface area contributed by atoms with Crippen molar-refractivity contribution in [1.29, 1.82) is 0 Å². The largest absolute Gasteiger partial charge is 1.00 e. The number of rotatable bonds is 6. The summed E-state index contributed by atoms with van der Waals surface area (Å²) < 4.78 is 4.55. The molecule has 3 aromatic rings. The molecule has 0 atom stereocenters. The van der Waals surface area contributed by atoms with Crippen molar-refractivity contribution in [2.75, 3.05) is 0 Å². The summed E-state index contributed by atoms with van der Waals surface area (Å²) in [5, 5.41) is 39.9. The van der Waals surface area contributed by atoms with Gasteiger partial charge in [-0.05, 0) is 20.8 Å². The van der Waals surface area contributed by atoms with Gasteiger partial charge in [-0.1, -0.05) is 0 Å².